The molecule has 2 unspecified atom stereocenters. The van der Waals surface area contributed by atoms with E-state index in [1.807, 2.05) is 13.0 Å². The van der Waals surface area contributed by atoms with E-state index < -0.39 is 0 Å². The van der Waals surface area contributed by atoms with E-state index in [4.69, 9.17) is 10.5 Å². The first-order valence-electron chi connectivity index (χ1n) is 7.00. The van der Waals surface area contributed by atoms with Gasteiger partial charge in [0.25, 0.3) is 0 Å². The second-order valence-corrected chi connectivity index (χ2v) is 4.82. The van der Waals surface area contributed by atoms with Crippen LogP contribution in [0.4, 0.5) is 0 Å². The number of rotatable bonds is 7. The first-order chi connectivity index (χ1) is 9.31. The third kappa shape index (κ3) is 4.56. The Balaban J connectivity index is 1.67. The molecule has 1 aliphatic carbocycles. The Hall–Kier alpha value is -1.55. The van der Waals surface area contributed by atoms with Crippen LogP contribution in [0.3, 0.4) is 0 Å². The number of nitrogens with zero attached hydrogens (tertiary/aromatic N) is 1. The normalized spacial score (nSPS) is 22.3. The van der Waals surface area contributed by atoms with Gasteiger partial charge in [-0.25, -0.2) is 0 Å². The van der Waals surface area contributed by atoms with Crippen LogP contribution in [-0.2, 0) is 4.74 Å². The molecular weight excluding hydrogens is 238 g/mol. The fourth-order valence-electron chi connectivity index (χ4n) is 2.17. The van der Waals surface area contributed by atoms with Crippen molar-refractivity contribution >= 4 is 5.96 Å². The summed E-state index contributed by atoms with van der Waals surface area (Å²) in [6.45, 7) is 4.24. The minimum Gasteiger partial charge on any atom is -0.382 e. The second-order valence-electron chi connectivity index (χ2n) is 4.82. The zero-order chi connectivity index (χ0) is 13.5. The molecule has 4 heteroatoms. The third-order valence-electron chi connectivity index (χ3n) is 3.28. The third-order valence-corrected chi connectivity index (χ3v) is 3.28. The zero-order valence-electron chi connectivity index (χ0n) is 11.5. The summed E-state index contributed by atoms with van der Waals surface area (Å²) >= 11 is 0. The molecule has 0 bridgehead atoms. The molecule has 19 heavy (non-hydrogen) atoms. The quantitative estimate of drug-likeness (QED) is 0.447. The van der Waals surface area contributed by atoms with Crippen molar-refractivity contribution in [1.29, 1.82) is 0 Å². The van der Waals surface area contributed by atoms with Gasteiger partial charge in [-0.1, -0.05) is 30.3 Å². The maximum absolute atomic E-state index is 5.87. The van der Waals surface area contributed by atoms with Gasteiger partial charge in [0, 0.05) is 31.7 Å². The van der Waals surface area contributed by atoms with Crippen molar-refractivity contribution < 1.29 is 4.74 Å². The average molecular weight is 261 g/mol. The van der Waals surface area contributed by atoms with Gasteiger partial charge in [0.15, 0.2) is 5.96 Å². The highest BCUT2D eigenvalue weighted by Gasteiger charge is 2.38. The van der Waals surface area contributed by atoms with Crippen LogP contribution < -0.4 is 11.1 Å². The van der Waals surface area contributed by atoms with Crippen molar-refractivity contribution in [1.82, 2.24) is 5.32 Å². The number of guanidine groups is 1. The summed E-state index contributed by atoms with van der Waals surface area (Å²) in [5.41, 5.74) is 7.25. The molecule has 1 aliphatic rings. The Labute approximate surface area is 115 Å². The van der Waals surface area contributed by atoms with Gasteiger partial charge in [-0.2, -0.15) is 0 Å². The molecule has 2 rings (SSSR count). The predicted octanol–water partition coefficient (Wildman–Crippen LogP) is 1.87. The van der Waals surface area contributed by atoms with Crippen molar-refractivity contribution in [3.05, 3.63) is 35.9 Å². The second kappa shape index (κ2) is 7.14. The van der Waals surface area contributed by atoms with Crippen molar-refractivity contribution in [2.75, 3.05) is 19.8 Å². The number of nitrogens with one attached hydrogen (secondary N) is 1. The molecule has 2 atom stereocenters. The van der Waals surface area contributed by atoms with E-state index in [0.29, 0.717) is 17.9 Å². The summed E-state index contributed by atoms with van der Waals surface area (Å²) in [4.78, 5) is 4.31. The van der Waals surface area contributed by atoms with E-state index in [9.17, 15) is 0 Å². The summed E-state index contributed by atoms with van der Waals surface area (Å²) in [5.74, 6) is 1.14. The highest BCUT2D eigenvalue weighted by molar-refractivity contribution is 5.78. The molecule has 104 valence electrons. The van der Waals surface area contributed by atoms with Gasteiger partial charge in [-0.15, -0.1) is 0 Å². The summed E-state index contributed by atoms with van der Waals surface area (Å²) in [6.07, 6.45) is 2.06. The fourth-order valence-corrected chi connectivity index (χ4v) is 2.17. The van der Waals surface area contributed by atoms with E-state index in [-0.39, 0.29) is 0 Å². The summed E-state index contributed by atoms with van der Waals surface area (Å²) in [5, 5.41) is 3.28. The zero-order valence-corrected chi connectivity index (χ0v) is 11.5. The number of nitrogens with two attached hydrogens (primary N) is 1. The van der Waals surface area contributed by atoms with Crippen LogP contribution in [0.5, 0.6) is 0 Å². The molecule has 0 radical (unpaired) electrons. The molecule has 3 N–H and O–H groups in total. The molecule has 0 aliphatic heterocycles. The van der Waals surface area contributed by atoms with Gasteiger partial charge in [0.2, 0.25) is 0 Å². The van der Waals surface area contributed by atoms with Gasteiger partial charge < -0.3 is 15.8 Å². The van der Waals surface area contributed by atoms with Crippen LogP contribution in [0.15, 0.2) is 35.3 Å². The van der Waals surface area contributed by atoms with E-state index in [2.05, 4.69) is 34.6 Å². The Morgan fingerprint density at radius 2 is 2.21 bits per heavy atom. The van der Waals surface area contributed by atoms with Crippen molar-refractivity contribution in [3.8, 4) is 0 Å². The number of benzene rings is 1. The van der Waals surface area contributed by atoms with Crippen LogP contribution in [-0.4, -0.2) is 31.8 Å². The molecule has 1 aromatic rings. The topological polar surface area (TPSA) is 59.6 Å². The maximum Gasteiger partial charge on any atom is 0.188 e. The lowest BCUT2D eigenvalue weighted by Crippen LogP contribution is -2.34. The van der Waals surface area contributed by atoms with Crippen LogP contribution in [0.25, 0.3) is 0 Å². The molecule has 0 spiro atoms. The van der Waals surface area contributed by atoms with Gasteiger partial charge in [0.1, 0.15) is 0 Å². The first kappa shape index (κ1) is 13.9. The van der Waals surface area contributed by atoms with Crippen molar-refractivity contribution in [3.63, 3.8) is 0 Å². The van der Waals surface area contributed by atoms with Crippen LogP contribution in [0.2, 0.25) is 0 Å². The van der Waals surface area contributed by atoms with Crippen LogP contribution in [0, 0.1) is 0 Å². The minimum atomic E-state index is 0.443. The molecular formula is C15H23N3O. The van der Waals surface area contributed by atoms with Crippen molar-refractivity contribution in [2.45, 2.75) is 31.7 Å². The number of hydrogen-bond acceptors (Lipinski definition) is 2. The molecule has 0 amide bonds. The highest BCUT2D eigenvalue weighted by atomic mass is 16.5. The lowest BCUT2D eigenvalue weighted by Gasteiger charge is -2.05. The van der Waals surface area contributed by atoms with E-state index in [1.165, 1.54) is 5.56 Å². The summed E-state index contributed by atoms with van der Waals surface area (Å²) < 4.78 is 5.25. The molecule has 1 saturated carbocycles. The van der Waals surface area contributed by atoms with Gasteiger partial charge in [-0.05, 0) is 25.3 Å². The minimum absolute atomic E-state index is 0.443. The predicted molar refractivity (Wildman–Crippen MR) is 78.3 cm³/mol. The molecule has 0 saturated heterocycles. The van der Waals surface area contributed by atoms with E-state index in [0.717, 1.165) is 32.6 Å². The fraction of sp³-hybridized carbons (Fsp3) is 0.533. The van der Waals surface area contributed by atoms with E-state index >= 15 is 0 Å². The smallest absolute Gasteiger partial charge is 0.188 e. The monoisotopic (exact) mass is 261 g/mol. The maximum atomic E-state index is 5.87. The average Bonchev–Trinajstić information content (AvgIpc) is 3.19. The Bertz CT molecular complexity index is 405. The van der Waals surface area contributed by atoms with Crippen molar-refractivity contribution in [2.24, 2.45) is 10.7 Å². The summed E-state index contributed by atoms with van der Waals surface area (Å²) in [7, 11) is 0. The number of ether oxygens (including phenoxy) is 1. The van der Waals surface area contributed by atoms with E-state index in [1.54, 1.807) is 0 Å². The lowest BCUT2D eigenvalue weighted by atomic mass is 10.1. The van der Waals surface area contributed by atoms with Gasteiger partial charge in [0.05, 0.1) is 0 Å². The highest BCUT2D eigenvalue weighted by Crippen LogP contribution is 2.40. The molecule has 1 fully saturated rings. The van der Waals surface area contributed by atoms with Gasteiger partial charge in [-0.3, -0.25) is 4.99 Å². The molecule has 0 aromatic heterocycles. The number of hydrogen-bond donors (Lipinski definition) is 2. The lowest BCUT2D eigenvalue weighted by molar-refractivity contribution is 0.146. The largest absolute Gasteiger partial charge is 0.382 e. The van der Waals surface area contributed by atoms with Gasteiger partial charge >= 0.3 is 0 Å². The number of aliphatic imine (C=N–C) groups is 1. The standard InChI is InChI=1S/C15H23N3O/c1-2-19-10-6-9-17-15(16)18-14-11-13(14)12-7-4-3-5-8-12/h3-5,7-8,13-14H,2,6,9-11H2,1H3,(H3,16,17,18). The molecule has 4 nitrogen and oxygen atoms in total. The summed E-state index contributed by atoms with van der Waals surface area (Å²) in [6, 6.07) is 11.0. The first-order valence-corrected chi connectivity index (χ1v) is 7.00. The van der Waals surface area contributed by atoms with Crippen LogP contribution >= 0.6 is 0 Å². The van der Waals surface area contributed by atoms with Crippen LogP contribution in [0.1, 0.15) is 31.2 Å². The Morgan fingerprint density at radius 1 is 1.42 bits per heavy atom. The molecule has 1 aromatic carbocycles. The molecule has 0 heterocycles. The Morgan fingerprint density at radius 3 is 2.95 bits per heavy atom. The SMILES string of the molecule is CCOCCCN=C(N)NC1CC1c1ccccc1. The Kier molecular flexibility index (Phi) is 5.21.